The van der Waals surface area contributed by atoms with E-state index >= 15 is 0 Å². The van der Waals surface area contributed by atoms with Gasteiger partial charge in [0.05, 0.1) is 0 Å². The Balaban J connectivity index is 2.17. The molecule has 1 atom stereocenters. The molecule has 1 heterocycles. The topological polar surface area (TPSA) is 49.4 Å². The quantitative estimate of drug-likeness (QED) is 0.903. The van der Waals surface area contributed by atoms with Crippen LogP contribution in [0.5, 0.6) is 0 Å². The molecular formula is C17H24N2O2. The Kier molecular flexibility index (Phi) is 5.37. The minimum absolute atomic E-state index is 0.0203. The number of nitrogens with one attached hydrogen (secondary N) is 1. The van der Waals surface area contributed by atoms with E-state index in [2.05, 4.69) is 24.4 Å². The third kappa shape index (κ3) is 3.84. The molecule has 0 aromatic heterocycles. The van der Waals surface area contributed by atoms with Crippen molar-refractivity contribution in [1.29, 1.82) is 0 Å². The van der Waals surface area contributed by atoms with Crippen LogP contribution >= 0.6 is 0 Å². The van der Waals surface area contributed by atoms with Gasteiger partial charge in [-0.15, -0.1) is 0 Å². The van der Waals surface area contributed by atoms with Crippen molar-refractivity contribution in [2.45, 2.75) is 52.1 Å². The maximum absolute atomic E-state index is 12.6. The number of carbonyl (C=O) groups excluding carboxylic acids is 2. The normalized spacial score (nSPS) is 19.3. The maximum Gasteiger partial charge on any atom is 0.245 e. The minimum atomic E-state index is -0.362. The number of aryl methyl sites for hydroxylation is 1. The summed E-state index contributed by atoms with van der Waals surface area (Å²) in [4.78, 5) is 26.2. The summed E-state index contributed by atoms with van der Waals surface area (Å²) >= 11 is 0. The van der Waals surface area contributed by atoms with Crippen LogP contribution in [0.2, 0.25) is 0 Å². The van der Waals surface area contributed by atoms with Crippen molar-refractivity contribution in [3.8, 4) is 0 Å². The average molecular weight is 288 g/mol. The van der Waals surface area contributed by atoms with E-state index < -0.39 is 0 Å². The SMILES string of the molecule is CCCC1NC(=O)CCN(Cc2ccccc2CC)C1=O. The first-order chi connectivity index (χ1) is 10.2. The highest BCUT2D eigenvalue weighted by Gasteiger charge is 2.29. The van der Waals surface area contributed by atoms with Crippen LogP contribution in [0.3, 0.4) is 0 Å². The van der Waals surface area contributed by atoms with Crippen molar-refractivity contribution in [1.82, 2.24) is 10.2 Å². The molecule has 1 N–H and O–H groups in total. The Hall–Kier alpha value is -1.84. The molecule has 1 aromatic rings. The van der Waals surface area contributed by atoms with Gasteiger partial charge in [0.25, 0.3) is 0 Å². The number of amides is 2. The maximum atomic E-state index is 12.6. The molecule has 4 nitrogen and oxygen atoms in total. The van der Waals surface area contributed by atoms with Crippen LogP contribution in [0, 0.1) is 0 Å². The Labute approximate surface area is 126 Å². The molecule has 4 heteroatoms. The summed E-state index contributed by atoms with van der Waals surface area (Å²) < 4.78 is 0. The molecule has 21 heavy (non-hydrogen) atoms. The molecule has 1 aliphatic heterocycles. The number of nitrogens with zero attached hydrogens (tertiary/aromatic N) is 1. The number of benzene rings is 1. The summed E-state index contributed by atoms with van der Waals surface area (Å²) in [6.07, 6.45) is 2.93. The highest BCUT2D eigenvalue weighted by molar-refractivity contribution is 5.89. The fraction of sp³-hybridized carbons (Fsp3) is 0.529. The Morgan fingerprint density at radius 3 is 2.57 bits per heavy atom. The molecule has 1 aliphatic rings. The lowest BCUT2D eigenvalue weighted by atomic mass is 10.0. The summed E-state index contributed by atoms with van der Waals surface area (Å²) in [5.41, 5.74) is 2.44. The van der Waals surface area contributed by atoms with E-state index in [1.54, 1.807) is 0 Å². The first-order valence-electron chi connectivity index (χ1n) is 7.80. The molecular weight excluding hydrogens is 264 g/mol. The molecule has 0 bridgehead atoms. The first kappa shape index (κ1) is 15.5. The molecule has 2 rings (SSSR count). The Morgan fingerprint density at radius 2 is 1.90 bits per heavy atom. The number of carbonyl (C=O) groups is 2. The third-order valence-corrected chi connectivity index (χ3v) is 3.99. The van der Waals surface area contributed by atoms with Gasteiger partial charge in [-0.05, 0) is 24.0 Å². The van der Waals surface area contributed by atoms with Gasteiger partial charge in [0, 0.05) is 19.5 Å². The van der Waals surface area contributed by atoms with Crippen molar-refractivity contribution in [3.05, 3.63) is 35.4 Å². The van der Waals surface area contributed by atoms with E-state index in [0.717, 1.165) is 12.8 Å². The fourth-order valence-corrected chi connectivity index (χ4v) is 2.80. The van der Waals surface area contributed by atoms with Gasteiger partial charge >= 0.3 is 0 Å². The van der Waals surface area contributed by atoms with Crippen LogP contribution in [0.25, 0.3) is 0 Å². The summed E-state index contributed by atoms with van der Waals surface area (Å²) in [6, 6.07) is 7.84. The van der Waals surface area contributed by atoms with E-state index in [1.165, 1.54) is 11.1 Å². The van der Waals surface area contributed by atoms with Crippen LogP contribution in [0.4, 0.5) is 0 Å². The van der Waals surface area contributed by atoms with E-state index in [-0.39, 0.29) is 17.9 Å². The average Bonchev–Trinajstić information content (AvgIpc) is 2.62. The van der Waals surface area contributed by atoms with Crippen molar-refractivity contribution < 1.29 is 9.59 Å². The van der Waals surface area contributed by atoms with Crippen molar-refractivity contribution >= 4 is 11.8 Å². The van der Waals surface area contributed by atoms with Gasteiger partial charge in [0.1, 0.15) is 6.04 Å². The van der Waals surface area contributed by atoms with Crippen LogP contribution in [0.15, 0.2) is 24.3 Å². The third-order valence-electron chi connectivity index (χ3n) is 3.99. The monoisotopic (exact) mass is 288 g/mol. The number of hydrogen-bond acceptors (Lipinski definition) is 2. The highest BCUT2D eigenvalue weighted by atomic mass is 16.2. The van der Waals surface area contributed by atoms with Gasteiger partial charge in [0.15, 0.2) is 0 Å². The van der Waals surface area contributed by atoms with E-state index in [9.17, 15) is 9.59 Å². The summed E-state index contributed by atoms with van der Waals surface area (Å²) in [6.45, 7) is 5.25. The van der Waals surface area contributed by atoms with Crippen molar-refractivity contribution in [2.24, 2.45) is 0 Å². The molecule has 0 radical (unpaired) electrons. The zero-order valence-electron chi connectivity index (χ0n) is 12.9. The molecule has 1 aromatic carbocycles. The van der Waals surface area contributed by atoms with E-state index in [4.69, 9.17) is 0 Å². The van der Waals surface area contributed by atoms with Gasteiger partial charge in [-0.25, -0.2) is 0 Å². The minimum Gasteiger partial charge on any atom is -0.344 e. The molecule has 1 saturated heterocycles. The molecule has 0 saturated carbocycles. The standard InChI is InChI=1S/C17H24N2O2/c1-3-7-15-17(21)19(11-10-16(20)18-15)12-14-9-6-5-8-13(14)4-2/h5-6,8-9,15H,3-4,7,10-12H2,1-2H3,(H,18,20). The molecule has 1 unspecified atom stereocenters. The largest absolute Gasteiger partial charge is 0.344 e. The second-order valence-corrected chi connectivity index (χ2v) is 5.54. The van der Waals surface area contributed by atoms with E-state index in [0.29, 0.717) is 25.9 Å². The molecule has 114 valence electrons. The molecule has 2 amide bonds. The Bertz CT molecular complexity index is 513. The lowest BCUT2D eigenvalue weighted by Gasteiger charge is -2.25. The predicted octanol–water partition coefficient (Wildman–Crippen LogP) is 2.27. The van der Waals surface area contributed by atoms with Crippen LogP contribution < -0.4 is 5.32 Å². The number of hydrogen-bond donors (Lipinski definition) is 1. The molecule has 0 aliphatic carbocycles. The highest BCUT2D eigenvalue weighted by Crippen LogP contribution is 2.16. The first-order valence-corrected chi connectivity index (χ1v) is 7.80. The van der Waals surface area contributed by atoms with Crippen molar-refractivity contribution in [2.75, 3.05) is 6.54 Å². The second kappa shape index (κ2) is 7.25. The van der Waals surface area contributed by atoms with Crippen LogP contribution in [0.1, 0.15) is 44.2 Å². The Morgan fingerprint density at radius 1 is 1.19 bits per heavy atom. The zero-order valence-corrected chi connectivity index (χ0v) is 12.9. The van der Waals surface area contributed by atoms with Gasteiger partial charge in [0.2, 0.25) is 11.8 Å². The van der Waals surface area contributed by atoms with Gasteiger partial charge in [-0.1, -0.05) is 44.5 Å². The lowest BCUT2D eigenvalue weighted by Crippen LogP contribution is -2.44. The predicted molar refractivity (Wildman–Crippen MR) is 82.7 cm³/mol. The molecule has 1 fully saturated rings. The van der Waals surface area contributed by atoms with Gasteiger partial charge in [-0.2, -0.15) is 0 Å². The van der Waals surface area contributed by atoms with Crippen LogP contribution in [-0.4, -0.2) is 29.3 Å². The fourth-order valence-electron chi connectivity index (χ4n) is 2.80. The lowest BCUT2D eigenvalue weighted by molar-refractivity contribution is -0.134. The van der Waals surface area contributed by atoms with E-state index in [1.807, 2.05) is 24.0 Å². The smallest absolute Gasteiger partial charge is 0.245 e. The zero-order chi connectivity index (χ0) is 15.2. The second-order valence-electron chi connectivity index (χ2n) is 5.54. The summed E-state index contributed by atoms with van der Waals surface area (Å²) in [7, 11) is 0. The van der Waals surface area contributed by atoms with Crippen LogP contribution in [-0.2, 0) is 22.6 Å². The van der Waals surface area contributed by atoms with Gasteiger partial charge in [-0.3, -0.25) is 9.59 Å². The van der Waals surface area contributed by atoms with Crippen molar-refractivity contribution in [3.63, 3.8) is 0 Å². The van der Waals surface area contributed by atoms with Gasteiger partial charge < -0.3 is 10.2 Å². The summed E-state index contributed by atoms with van der Waals surface area (Å²) in [5.74, 6) is 0.0293. The molecule has 0 spiro atoms. The number of rotatable bonds is 5. The summed E-state index contributed by atoms with van der Waals surface area (Å²) in [5, 5.41) is 2.84.